The van der Waals surface area contributed by atoms with E-state index in [0.717, 1.165) is 39.4 Å². The molecule has 34 heavy (non-hydrogen) atoms. The lowest BCUT2D eigenvalue weighted by Crippen LogP contribution is -1.95. The lowest BCUT2D eigenvalue weighted by atomic mass is 10.1. The van der Waals surface area contributed by atoms with E-state index in [2.05, 4.69) is 92.9 Å². The van der Waals surface area contributed by atoms with E-state index in [9.17, 15) is 0 Å². The fourth-order valence-corrected chi connectivity index (χ4v) is 4.88. The molecule has 0 aliphatic carbocycles. The summed E-state index contributed by atoms with van der Waals surface area (Å²) in [5, 5.41) is 2.46. The summed E-state index contributed by atoms with van der Waals surface area (Å²) in [5.41, 5.74) is 7.68. The van der Waals surface area contributed by atoms with Crippen LogP contribution in [-0.2, 0) is 0 Å². The van der Waals surface area contributed by atoms with Crippen molar-refractivity contribution in [2.45, 2.75) is 0 Å². The predicted octanol–water partition coefficient (Wildman–Crippen LogP) is 7.16. The number of para-hydroxylation sites is 1. The molecule has 3 aromatic carbocycles. The van der Waals surface area contributed by atoms with Gasteiger partial charge in [0.15, 0.2) is 0 Å². The molecule has 0 aliphatic heterocycles. The maximum Gasteiger partial charge on any atom is 0.144 e. The molecule has 0 amide bonds. The Hall–Kier alpha value is -4.70. The van der Waals surface area contributed by atoms with E-state index in [4.69, 9.17) is 4.98 Å². The highest BCUT2D eigenvalue weighted by molar-refractivity contribution is 6.10. The number of nitrogens with zero attached hydrogens (tertiary/aromatic N) is 4. The molecule has 4 heteroatoms. The number of benzene rings is 3. The topological polar surface area (TPSA) is 35.1 Å². The molecule has 0 spiro atoms. The zero-order valence-corrected chi connectivity index (χ0v) is 18.3. The SMILES string of the molecule is c1ccc(-c2cccc(-n3c4ccccc4c4ccc(-c5ncc6ccccn56)cc43)c2)nc1. The highest BCUT2D eigenvalue weighted by Crippen LogP contribution is 2.35. The minimum Gasteiger partial charge on any atom is -0.309 e. The quantitative estimate of drug-likeness (QED) is 0.295. The molecule has 0 saturated heterocycles. The summed E-state index contributed by atoms with van der Waals surface area (Å²) < 4.78 is 4.48. The van der Waals surface area contributed by atoms with Crippen LogP contribution in [0.25, 0.3) is 55.7 Å². The zero-order chi connectivity index (χ0) is 22.5. The molecule has 0 saturated carbocycles. The molecule has 0 atom stereocenters. The molecule has 7 rings (SSSR count). The normalized spacial score (nSPS) is 11.5. The van der Waals surface area contributed by atoms with Crippen LogP contribution in [0.15, 0.2) is 122 Å². The monoisotopic (exact) mass is 436 g/mol. The summed E-state index contributed by atoms with van der Waals surface area (Å²) in [6, 6.07) is 36.0. The number of hydrogen-bond donors (Lipinski definition) is 0. The standard InChI is InChI=1S/C30H20N4/c1-2-13-28-25(11-1)26-15-14-22(30-32-20-24-9-4-6-17-33(24)30)19-29(26)34(28)23-10-7-8-21(18-23)27-12-3-5-16-31-27/h1-20H. The number of imidazole rings is 1. The first kappa shape index (κ1) is 18.8. The van der Waals surface area contributed by atoms with Crippen LogP contribution in [0, 0.1) is 0 Å². The third kappa shape index (κ3) is 2.86. The summed E-state index contributed by atoms with van der Waals surface area (Å²) in [6.45, 7) is 0. The van der Waals surface area contributed by atoms with Gasteiger partial charge in [0.05, 0.1) is 28.4 Å². The minimum atomic E-state index is 0.941. The number of hydrogen-bond acceptors (Lipinski definition) is 2. The highest BCUT2D eigenvalue weighted by Gasteiger charge is 2.15. The Morgan fingerprint density at radius 1 is 0.588 bits per heavy atom. The second-order valence-corrected chi connectivity index (χ2v) is 8.43. The average molecular weight is 437 g/mol. The van der Waals surface area contributed by atoms with Crippen molar-refractivity contribution in [1.82, 2.24) is 18.9 Å². The lowest BCUT2D eigenvalue weighted by molar-refractivity contribution is 1.16. The fourth-order valence-electron chi connectivity index (χ4n) is 4.88. The summed E-state index contributed by atoms with van der Waals surface area (Å²) in [7, 11) is 0. The third-order valence-corrected chi connectivity index (χ3v) is 6.44. The van der Waals surface area contributed by atoms with Crippen molar-refractivity contribution in [2.75, 3.05) is 0 Å². The largest absolute Gasteiger partial charge is 0.309 e. The van der Waals surface area contributed by atoms with Crippen molar-refractivity contribution in [3.05, 3.63) is 122 Å². The van der Waals surface area contributed by atoms with E-state index in [1.165, 1.54) is 16.3 Å². The van der Waals surface area contributed by atoms with Gasteiger partial charge in [-0.2, -0.15) is 0 Å². The van der Waals surface area contributed by atoms with E-state index in [1.807, 2.05) is 42.7 Å². The molecule has 4 nitrogen and oxygen atoms in total. The van der Waals surface area contributed by atoms with Gasteiger partial charge in [-0.25, -0.2) is 4.98 Å². The van der Waals surface area contributed by atoms with Gasteiger partial charge in [-0.15, -0.1) is 0 Å². The van der Waals surface area contributed by atoms with Crippen LogP contribution in [0.1, 0.15) is 0 Å². The van der Waals surface area contributed by atoms with Crippen molar-refractivity contribution >= 4 is 27.3 Å². The fraction of sp³-hybridized carbons (Fsp3) is 0. The summed E-state index contributed by atoms with van der Waals surface area (Å²) in [4.78, 5) is 9.28. The van der Waals surface area contributed by atoms with Crippen molar-refractivity contribution in [1.29, 1.82) is 0 Å². The first-order valence-corrected chi connectivity index (χ1v) is 11.3. The second-order valence-electron chi connectivity index (χ2n) is 8.43. The van der Waals surface area contributed by atoms with Gasteiger partial charge >= 0.3 is 0 Å². The molecule has 0 N–H and O–H groups in total. The first-order valence-electron chi connectivity index (χ1n) is 11.3. The molecule has 4 aromatic heterocycles. The first-order chi connectivity index (χ1) is 16.9. The molecule has 0 bridgehead atoms. The Morgan fingerprint density at radius 2 is 1.47 bits per heavy atom. The molecular formula is C30H20N4. The maximum absolute atomic E-state index is 4.73. The van der Waals surface area contributed by atoms with Gasteiger partial charge in [0.1, 0.15) is 5.82 Å². The van der Waals surface area contributed by atoms with Gasteiger partial charge < -0.3 is 4.57 Å². The van der Waals surface area contributed by atoms with Gasteiger partial charge in [0.25, 0.3) is 0 Å². The minimum absolute atomic E-state index is 0.941. The molecular weight excluding hydrogens is 416 g/mol. The number of pyridine rings is 2. The molecule has 7 aromatic rings. The van der Waals surface area contributed by atoms with E-state index >= 15 is 0 Å². The van der Waals surface area contributed by atoms with Crippen LogP contribution >= 0.6 is 0 Å². The van der Waals surface area contributed by atoms with Crippen LogP contribution in [0.3, 0.4) is 0 Å². The van der Waals surface area contributed by atoms with Crippen LogP contribution in [0.4, 0.5) is 0 Å². The van der Waals surface area contributed by atoms with Crippen molar-refractivity contribution in [3.63, 3.8) is 0 Å². The van der Waals surface area contributed by atoms with Crippen LogP contribution in [-0.4, -0.2) is 18.9 Å². The van der Waals surface area contributed by atoms with Gasteiger partial charge in [0, 0.05) is 40.0 Å². The van der Waals surface area contributed by atoms with Gasteiger partial charge in [-0.3, -0.25) is 9.38 Å². The van der Waals surface area contributed by atoms with Crippen LogP contribution in [0.2, 0.25) is 0 Å². The summed E-state index contributed by atoms with van der Waals surface area (Å²) in [5.74, 6) is 0.941. The van der Waals surface area contributed by atoms with Gasteiger partial charge in [-0.05, 0) is 48.5 Å². The Bertz CT molecular complexity index is 1810. The smallest absolute Gasteiger partial charge is 0.144 e. The van der Waals surface area contributed by atoms with E-state index in [-0.39, 0.29) is 0 Å². The van der Waals surface area contributed by atoms with Crippen molar-refractivity contribution in [3.8, 4) is 28.3 Å². The van der Waals surface area contributed by atoms with E-state index in [1.54, 1.807) is 0 Å². The molecule has 4 heterocycles. The van der Waals surface area contributed by atoms with Crippen molar-refractivity contribution in [2.24, 2.45) is 0 Å². The molecule has 0 radical (unpaired) electrons. The number of aromatic nitrogens is 4. The summed E-state index contributed by atoms with van der Waals surface area (Å²) >= 11 is 0. The van der Waals surface area contributed by atoms with Crippen molar-refractivity contribution < 1.29 is 0 Å². The molecule has 0 unspecified atom stereocenters. The average Bonchev–Trinajstić information content (AvgIpc) is 3.48. The van der Waals surface area contributed by atoms with Gasteiger partial charge in [-0.1, -0.05) is 54.6 Å². The maximum atomic E-state index is 4.73. The van der Waals surface area contributed by atoms with E-state index < -0.39 is 0 Å². The summed E-state index contributed by atoms with van der Waals surface area (Å²) in [6.07, 6.45) is 5.82. The molecule has 160 valence electrons. The van der Waals surface area contributed by atoms with Gasteiger partial charge in [0.2, 0.25) is 0 Å². The zero-order valence-electron chi connectivity index (χ0n) is 18.3. The Kier molecular flexibility index (Phi) is 4.11. The highest BCUT2D eigenvalue weighted by atomic mass is 15.0. The second kappa shape index (κ2) is 7.42. The molecule has 0 fully saturated rings. The lowest BCUT2D eigenvalue weighted by Gasteiger charge is -2.11. The third-order valence-electron chi connectivity index (χ3n) is 6.44. The number of rotatable bonds is 3. The Labute approximate surface area is 196 Å². The predicted molar refractivity (Wildman–Crippen MR) is 138 cm³/mol. The van der Waals surface area contributed by atoms with Crippen LogP contribution < -0.4 is 0 Å². The molecule has 0 aliphatic rings. The van der Waals surface area contributed by atoms with Crippen LogP contribution in [0.5, 0.6) is 0 Å². The van der Waals surface area contributed by atoms with E-state index in [0.29, 0.717) is 0 Å². The Balaban J connectivity index is 1.50. The Morgan fingerprint density at radius 3 is 2.41 bits per heavy atom. The number of fused-ring (bicyclic) bond motifs is 4.